The summed E-state index contributed by atoms with van der Waals surface area (Å²) >= 11 is 0. The van der Waals surface area contributed by atoms with Crippen molar-refractivity contribution in [2.24, 2.45) is 7.05 Å². The molecule has 3 aliphatic rings. The van der Waals surface area contributed by atoms with Crippen LogP contribution in [-0.4, -0.2) is 59.1 Å². The Balaban J connectivity index is 0.000000222. The normalized spacial score (nSPS) is 23.7. The first-order chi connectivity index (χ1) is 18.0. The predicted octanol–water partition coefficient (Wildman–Crippen LogP) is 2.84. The largest absolute Gasteiger partial charge is 0.488 e. The molecule has 0 aliphatic carbocycles. The Morgan fingerprint density at radius 3 is 2.74 bits per heavy atom. The molecular weight excluding hydrogens is 491 g/mol. The number of halogens is 1. The third kappa shape index (κ3) is 4.85. The summed E-state index contributed by atoms with van der Waals surface area (Å²) in [5.41, 5.74) is 4.97. The van der Waals surface area contributed by atoms with E-state index in [-0.39, 0.29) is 24.2 Å². The fourth-order valence-electron chi connectivity index (χ4n) is 5.62. The van der Waals surface area contributed by atoms with Crippen molar-refractivity contribution in [2.75, 3.05) is 24.2 Å². The zero-order valence-electron chi connectivity index (χ0n) is 22.2. The lowest BCUT2D eigenvalue weighted by molar-refractivity contribution is 0.00200. The van der Waals surface area contributed by atoms with Crippen molar-refractivity contribution in [3.8, 4) is 11.4 Å². The van der Waals surface area contributed by atoms with Crippen molar-refractivity contribution < 1.29 is 14.2 Å². The maximum absolute atomic E-state index is 13.2. The molecule has 0 spiro atoms. The van der Waals surface area contributed by atoms with Crippen LogP contribution in [0.25, 0.3) is 5.69 Å². The summed E-state index contributed by atoms with van der Waals surface area (Å²) in [5.74, 6) is -0.353. The fourth-order valence-corrected chi connectivity index (χ4v) is 5.62. The van der Waals surface area contributed by atoms with Crippen molar-refractivity contribution in [2.45, 2.75) is 70.1 Å². The molecule has 2 aromatic heterocycles. The molecule has 4 N–H and O–H groups in total. The van der Waals surface area contributed by atoms with E-state index in [9.17, 15) is 14.3 Å². The van der Waals surface area contributed by atoms with Gasteiger partial charge in [0.2, 0.25) is 5.95 Å². The van der Waals surface area contributed by atoms with Crippen LogP contribution in [0.1, 0.15) is 58.7 Å². The number of aliphatic hydroxyl groups is 1. The van der Waals surface area contributed by atoms with Gasteiger partial charge in [-0.15, -0.1) is 0 Å². The fraction of sp³-hybridized carbons (Fsp3) is 0.538. The number of benzene rings is 1. The molecule has 38 heavy (non-hydrogen) atoms. The minimum absolute atomic E-state index is 0.0686. The highest BCUT2D eigenvalue weighted by atomic mass is 19.1. The Labute approximate surface area is 220 Å². The number of hydrogen-bond acceptors (Lipinski definition) is 9. The van der Waals surface area contributed by atoms with Crippen LogP contribution in [-0.2, 0) is 12.6 Å². The second-order valence-electron chi connectivity index (χ2n) is 11.1. The van der Waals surface area contributed by atoms with Crippen LogP contribution in [0, 0.1) is 5.82 Å². The number of rotatable bonds is 2. The zero-order chi connectivity index (χ0) is 27.2. The first-order valence-electron chi connectivity index (χ1n) is 12.9. The quantitative estimate of drug-likeness (QED) is 0.460. The van der Waals surface area contributed by atoms with Gasteiger partial charge in [-0.05, 0) is 71.2 Å². The molecule has 204 valence electrons. The molecule has 0 radical (unpaired) electrons. The van der Waals surface area contributed by atoms with E-state index in [1.807, 2.05) is 0 Å². The smallest absolute Gasteiger partial charge is 0.350 e. The number of aryl methyl sites for hydroxylation is 1. The zero-order valence-corrected chi connectivity index (χ0v) is 22.2. The number of nitrogen functional groups attached to an aromatic ring is 1. The van der Waals surface area contributed by atoms with Crippen molar-refractivity contribution in [3.63, 3.8) is 0 Å². The number of ether oxygens (including phenoxy) is 1. The van der Waals surface area contributed by atoms with Gasteiger partial charge in [0.05, 0.1) is 11.9 Å². The molecule has 12 heteroatoms. The molecule has 2 fully saturated rings. The molecule has 3 aliphatic heterocycles. The summed E-state index contributed by atoms with van der Waals surface area (Å²) in [6.07, 6.45) is 8.18. The van der Waals surface area contributed by atoms with E-state index in [1.54, 1.807) is 18.2 Å². The van der Waals surface area contributed by atoms with E-state index >= 15 is 0 Å². The molecule has 11 nitrogen and oxygen atoms in total. The van der Waals surface area contributed by atoms with E-state index in [1.165, 1.54) is 57.2 Å². The average molecular weight is 527 g/mol. The van der Waals surface area contributed by atoms with E-state index in [2.05, 4.69) is 39.1 Å². The number of aromatic nitrogens is 5. The Bertz CT molecular complexity index is 1400. The van der Waals surface area contributed by atoms with E-state index in [0.717, 1.165) is 16.9 Å². The number of hydrogen-bond donors (Lipinski definition) is 3. The van der Waals surface area contributed by atoms with Gasteiger partial charge in [-0.3, -0.25) is 4.90 Å². The molecule has 0 bridgehead atoms. The van der Waals surface area contributed by atoms with Gasteiger partial charge in [-0.25, -0.2) is 23.4 Å². The first-order valence-corrected chi connectivity index (χ1v) is 12.9. The second kappa shape index (κ2) is 9.66. The van der Waals surface area contributed by atoms with Gasteiger partial charge in [0.15, 0.2) is 23.1 Å². The molecule has 1 aromatic carbocycles. The van der Waals surface area contributed by atoms with Crippen molar-refractivity contribution in [3.05, 3.63) is 46.5 Å². The Kier molecular flexibility index (Phi) is 6.64. The monoisotopic (exact) mass is 526 g/mol. The van der Waals surface area contributed by atoms with Gasteiger partial charge < -0.3 is 20.9 Å². The molecule has 5 heterocycles. The van der Waals surface area contributed by atoms with Crippen LogP contribution in [0.15, 0.2) is 29.2 Å². The highest BCUT2D eigenvalue weighted by molar-refractivity contribution is 5.63. The summed E-state index contributed by atoms with van der Waals surface area (Å²) < 4.78 is 21.3. The lowest BCUT2D eigenvalue weighted by atomic mass is 9.87. The standard InChI is InChI=1S/C16H16FN7O3.C10H19N/c1-16(26)7-27-11-4-3-8(20-14-19-6-9(17)12(18)21-14)5-10(11)24-13(16)22-23(2)15(24)25;1-10(2)7-3-5-9-6-4-8-11(9)10/h3-6,26H,7H2,1-2H3,(H3,18,19,20,21);9H,3-8H2,1-2H3. The maximum Gasteiger partial charge on any atom is 0.350 e. The number of fused-ring (bicyclic) bond motifs is 4. The molecule has 3 aromatic rings. The van der Waals surface area contributed by atoms with E-state index in [0.29, 0.717) is 22.7 Å². The van der Waals surface area contributed by atoms with Crippen LogP contribution in [0.4, 0.5) is 21.8 Å². The van der Waals surface area contributed by atoms with E-state index < -0.39 is 17.1 Å². The van der Waals surface area contributed by atoms with Crippen molar-refractivity contribution >= 4 is 17.5 Å². The van der Waals surface area contributed by atoms with Crippen LogP contribution >= 0.6 is 0 Å². The molecule has 2 saturated heterocycles. The number of nitrogens with zero attached hydrogens (tertiary/aromatic N) is 6. The Morgan fingerprint density at radius 1 is 1.24 bits per heavy atom. The van der Waals surface area contributed by atoms with Gasteiger partial charge in [0, 0.05) is 24.3 Å². The summed E-state index contributed by atoms with van der Waals surface area (Å²) in [7, 11) is 1.50. The Morgan fingerprint density at radius 2 is 2.00 bits per heavy atom. The topological polar surface area (TPSA) is 136 Å². The Hall–Kier alpha value is -3.51. The lowest BCUT2D eigenvalue weighted by Gasteiger charge is -2.44. The summed E-state index contributed by atoms with van der Waals surface area (Å²) in [4.78, 5) is 22.9. The molecular formula is C26H35FN8O3. The number of anilines is 3. The van der Waals surface area contributed by atoms with E-state index in [4.69, 9.17) is 10.5 Å². The van der Waals surface area contributed by atoms with Crippen LogP contribution in [0.2, 0.25) is 0 Å². The summed E-state index contributed by atoms with van der Waals surface area (Å²) in [6, 6.07) is 5.86. The highest BCUT2D eigenvalue weighted by Gasteiger charge is 2.38. The maximum atomic E-state index is 13.2. The van der Waals surface area contributed by atoms with Gasteiger partial charge in [-0.2, -0.15) is 10.1 Å². The van der Waals surface area contributed by atoms with Crippen molar-refractivity contribution in [1.29, 1.82) is 0 Å². The lowest BCUT2D eigenvalue weighted by Crippen LogP contribution is -2.49. The number of nitrogens with one attached hydrogen (secondary N) is 1. The minimum atomic E-state index is -1.46. The van der Waals surface area contributed by atoms with Gasteiger partial charge in [-0.1, -0.05) is 6.42 Å². The molecule has 2 unspecified atom stereocenters. The summed E-state index contributed by atoms with van der Waals surface area (Å²) in [6.45, 7) is 7.62. The van der Waals surface area contributed by atoms with Crippen LogP contribution in [0.3, 0.4) is 0 Å². The van der Waals surface area contributed by atoms with Crippen molar-refractivity contribution in [1.82, 2.24) is 29.2 Å². The third-order valence-corrected chi connectivity index (χ3v) is 7.62. The first kappa shape index (κ1) is 26.1. The highest BCUT2D eigenvalue weighted by Crippen LogP contribution is 2.37. The number of nitrogens with two attached hydrogens (primary N) is 1. The molecule has 2 atom stereocenters. The minimum Gasteiger partial charge on any atom is -0.488 e. The second-order valence-corrected chi connectivity index (χ2v) is 11.1. The van der Waals surface area contributed by atoms with Gasteiger partial charge in [0.25, 0.3) is 0 Å². The SMILES string of the molecule is CC1(C)CCCC2CCCN21.Cn1nc2n(c1=O)-c1cc(Nc3ncc(F)c(N)n3)ccc1OCC2(C)O. The van der Waals surface area contributed by atoms with Gasteiger partial charge >= 0.3 is 5.69 Å². The predicted molar refractivity (Wildman–Crippen MR) is 141 cm³/mol. The van der Waals surface area contributed by atoms with Crippen LogP contribution < -0.4 is 21.5 Å². The molecule has 0 amide bonds. The molecule has 0 saturated carbocycles. The van der Waals surface area contributed by atoms with Gasteiger partial charge in [0.1, 0.15) is 12.4 Å². The van der Waals surface area contributed by atoms with Crippen LogP contribution in [0.5, 0.6) is 5.75 Å². The third-order valence-electron chi connectivity index (χ3n) is 7.62. The average Bonchev–Trinajstić information content (AvgIpc) is 3.44. The number of piperidine rings is 1. The summed E-state index contributed by atoms with van der Waals surface area (Å²) in [5, 5.41) is 17.7. The molecule has 6 rings (SSSR count).